The number of nitrogens with one attached hydrogen (secondary N) is 1. The molecule has 1 N–H and O–H groups in total. The number of hydrogen-bond acceptors (Lipinski definition) is 5. The molecule has 0 atom stereocenters. The topological polar surface area (TPSA) is 67.4 Å². The molecule has 0 saturated carbocycles. The monoisotopic (exact) mass is 436 g/mol. The first-order chi connectivity index (χ1) is 15.2. The minimum atomic E-state index is -0.504. The molecule has 2 heterocycles. The molecule has 0 unspecified atom stereocenters. The van der Waals surface area contributed by atoms with Crippen LogP contribution in [0.3, 0.4) is 0 Å². The Bertz CT molecular complexity index is 1110. The summed E-state index contributed by atoms with van der Waals surface area (Å²) in [6.07, 6.45) is 4.57. The zero-order valence-electron chi connectivity index (χ0n) is 19.0. The normalized spacial score (nSPS) is 15.1. The van der Waals surface area contributed by atoms with Gasteiger partial charge < -0.3 is 15.0 Å². The van der Waals surface area contributed by atoms with Gasteiger partial charge in [0.1, 0.15) is 17.7 Å². The largest absolute Gasteiger partial charge is 0.444 e. The molecule has 1 aliphatic rings. The highest BCUT2D eigenvalue weighted by Crippen LogP contribution is 2.34. The van der Waals surface area contributed by atoms with Gasteiger partial charge in [0.15, 0.2) is 0 Å². The number of halogens is 1. The minimum absolute atomic E-state index is 0.170. The number of likely N-dealkylation sites (tertiary alicyclic amines) is 1. The molecule has 32 heavy (non-hydrogen) atoms. The lowest BCUT2D eigenvalue weighted by molar-refractivity contribution is 0.0210. The van der Waals surface area contributed by atoms with Crippen molar-refractivity contribution in [2.24, 2.45) is 0 Å². The second kappa shape index (κ2) is 8.73. The Hall–Kier alpha value is -3.22. The number of aromatic nitrogens is 2. The Labute approximate surface area is 187 Å². The fourth-order valence-corrected chi connectivity index (χ4v) is 4.11. The summed E-state index contributed by atoms with van der Waals surface area (Å²) in [5.74, 6) is -0.252. The van der Waals surface area contributed by atoms with Crippen LogP contribution in [-0.4, -0.2) is 45.7 Å². The van der Waals surface area contributed by atoms with Crippen molar-refractivity contribution >= 4 is 22.7 Å². The maximum Gasteiger partial charge on any atom is 0.410 e. The molecule has 6 nitrogen and oxygen atoms in total. The lowest BCUT2D eigenvalue weighted by Gasteiger charge is -2.34. The lowest BCUT2D eigenvalue weighted by atomic mass is 9.97. The molecule has 2 aromatic carbocycles. The number of nitrogens with zero attached hydrogens (tertiary/aromatic N) is 3. The molecule has 168 valence electrons. The number of piperidine rings is 1. The number of carbonyl (C=O) groups excluding carboxylic acids is 1. The van der Waals surface area contributed by atoms with Crippen LogP contribution < -0.4 is 5.32 Å². The molecule has 1 aliphatic heterocycles. The van der Waals surface area contributed by atoms with Gasteiger partial charge in [-0.25, -0.2) is 19.2 Å². The van der Waals surface area contributed by atoms with Gasteiger partial charge in [0, 0.05) is 36.3 Å². The van der Waals surface area contributed by atoms with Crippen molar-refractivity contribution in [1.82, 2.24) is 14.9 Å². The number of ether oxygens (including phenoxy) is 1. The zero-order valence-corrected chi connectivity index (χ0v) is 19.0. The van der Waals surface area contributed by atoms with E-state index >= 15 is 0 Å². The van der Waals surface area contributed by atoms with Crippen molar-refractivity contribution in [3.05, 3.63) is 54.2 Å². The number of carbonyl (C=O) groups is 1. The van der Waals surface area contributed by atoms with Gasteiger partial charge in [0.2, 0.25) is 0 Å². The highest BCUT2D eigenvalue weighted by Gasteiger charge is 2.27. The third-order valence-corrected chi connectivity index (χ3v) is 5.62. The average Bonchev–Trinajstić information content (AvgIpc) is 2.73. The summed E-state index contributed by atoms with van der Waals surface area (Å²) in [6.45, 7) is 8.75. The van der Waals surface area contributed by atoms with E-state index in [-0.39, 0.29) is 18.0 Å². The number of amides is 1. The summed E-state index contributed by atoms with van der Waals surface area (Å²) >= 11 is 0. The van der Waals surface area contributed by atoms with Crippen molar-refractivity contribution < 1.29 is 13.9 Å². The summed E-state index contributed by atoms with van der Waals surface area (Å²) in [4.78, 5) is 22.7. The summed E-state index contributed by atoms with van der Waals surface area (Å²) in [6, 6.07) is 9.16. The number of fused-ring (bicyclic) bond motifs is 1. The maximum atomic E-state index is 14.7. The van der Waals surface area contributed by atoms with E-state index in [1.54, 1.807) is 17.2 Å². The highest BCUT2D eigenvalue weighted by molar-refractivity contribution is 5.95. The van der Waals surface area contributed by atoms with Crippen LogP contribution in [0.5, 0.6) is 0 Å². The van der Waals surface area contributed by atoms with E-state index < -0.39 is 5.60 Å². The van der Waals surface area contributed by atoms with E-state index in [0.29, 0.717) is 18.7 Å². The molecule has 0 radical (unpaired) electrons. The van der Waals surface area contributed by atoms with Gasteiger partial charge in [-0.3, -0.25) is 0 Å². The number of benzene rings is 2. The molecule has 4 rings (SSSR count). The number of rotatable bonds is 3. The molecule has 3 aromatic rings. The Morgan fingerprint density at radius 1 is 1.22 bits per heavy atom. The average molecular weight is 437 g/mol. The first-order valence-corrected chi connectivity index (χ1v) is 10.9. The van der Waals surface area contributed by atoms with Gasteiger partial charge >= 0.3 is 6.09 Å². The van der Waals surface area contributed by atoms with Crippen molar-refractivity contribution in [1.29, 1.82) is 0 Å². The van der Waals surface area contributed by atoms with Crippen LogP contribution in [0.4, 0.5) is 14.9 Å². The van der Waals surface area contributed by atoms with E-state index in [0.717, 1.165) is 40.6 Å². The molecular weight excluding hydrogens is 407 g/mol. The molecule has 7 heteroatoms. The number of anilines is 1. The van der Waals surface area contributed by atoms with Crippen LogP contribution in [0.25, 0.3) is 22.0 Å². The molecule has 1 aromatic heterocycles. The molecule has 0 spiro atoms. The Kier molecular flexibility index (Phi) is 6.00. The van der Waals surface area contributed by atoms with Crippen molar-refractivity contribution in [3.8, 4) is 11.1 Å². The smallest absolute Gasteiger partial charge is 0.410 e. The summed E-state index contributed by atoms with van der Waals surface area (Å²) in [7, 11) is 0. The highest BCUT2D eigenvalue weighted by atomic mass is 19.1. The number of hydrogen-bond donors (Lipinski definition) is 1. The van der Waals surface area contributed by atoms with Crippen LogP contribution in [0, 0.1) is 12.7 Å². The zero-order chi connectivity index (χ0) is 22.9. The Balaban J connectivity index is 1.57. The van der Waals surface area contributed by atoms with Gasteiger partial charge in [0.05, 0.1) is 11.2 Å². The third kappa shape index (κ3) is 4.82. The lowest BCUT2D eigenvalue weighted by Crippen LogP contribution is -2.44. The van der Waals surface area contributed by atoms with E-state index in [2.05, 4.69) is 15.3 Å². The van der Waals surface area contributed by atoms with Gasteiger partial charge in [0.25, 0.3) is 0 Å². The standard InChI is InChI=1S/C25H29FN4O2/c1-16-6-5-7-20(26)22(16)17-12-18-14-27-15-28-23(18)21(13-17)29-19-8-10-30(11-9-19)24(31)32-25(2,3)4/h5-7,12-15,19,29H,8-11H2,1-4H3. The van der Waals surface area contributed by atoms with E-state index in [4.69, 9.17) is 4.74 Å². The van der Waals surface area contributed by atoms with Crippen LogP contribution in [-0.2, 0) is 4.74 Å². The molecule has 1 amide bonds. The second-order valence-electron chi connectivity index (χ2n) is 9.30. The van der Waals surface area contributed by atoms with Crippen LogP contribution in [0.15, 0.2) is 42.9 Å². The van der Waals surface area contributed by atoms with E-state index in [9.17, 15) is 9.18 Å². The van der Waals surface area contributed by atoms with Gasteiger partial charge in [-0.1, -0.05) is 12.1 Å². The first-order valence-electron chi connectivity index (χ1n) is 10.9. The summed E-state index contributed by atoms with van der Waals surface area (Å²) in [5.41, 5.74) is 3.39. The van der Waals surface area contributed by atoms with Crippen molar-refractivity contribution in [3.63, 3.8) is 0 Å². The number of aryl methyl sites for hydroxylation is 1. The molecular formula is C25H29FN4O2. The minimum Gasteiger partial charge on any atom is -0.444 e. The molecule has 0 aliphatic carbocycles. The van der Waals surface area contributed by atoms with Gasteiger partial charge in [-0.05, 0) is 69.9 Å². The second-order valence-corrected chi connectivity index (χ2v) is 9.30. The van der Waals surface area contributed by atoms with Crippen LogP contribution in [0.2, 0.25) is 0 Å². The maximum absolute atomic E-state index is 14.7. The van der Waals surface area contributed by atoms with Crippen molar-refractivity contribution in [2.45, 2.75) is 52.2 Å². The fraction of sp³-hybridized carbons (Fsp3) is 0.400. The van der Waals surface area contributed by atoms with Gasteiger partial charge in [-0.15, -0.1) is 0 Å². The first kappa shape index (κ1) is 22.0. The third-order valence-electron chi connectivity index (χ3n) is 5.62. The Morgan fingerprint density at radius 3 is 2.66 bits per heavy atom. The molecule has 1 saturated heterocycles. The predicted molar refractivity (Wildman–Crippen MR) is 124 cm³/mol. The van der Waals surface area contributed by atoms with Crippen LogP contribution >= 0.6 is 0 Å². The molecule has 1 fully saturated rings. The summed E-state index contributed by atoms with van der Waals surface area (Å²) < 4.78 is 20.2. The SMILES string of the molecule is Cc1cccc(F)c1-c1cc(NC2CCN(C(=O)OC(C)(C)C)CC2)c2ncncc2c1. The summed E-state index contributed by atoms with van der Waals surface area (Å²) in [5, 5.41) is 4.44. The quantitative estimate of drug-likeness (QED) is 0.583. The Morgan fingerprint density at radius 2 is 1.97 bits per heavy atom. The fourth-order valence-electron chi connectivity index (χ4n) is 4.11. The van der Waals surface area contributed by atoms with Crippen molar-refractivity contribution in [2.75, 3.05) is 18.4 Å². The predicted octanol–water partition coefficient (Wildman–Crippen LogP) is 5.56. The molecule has 0 bridgehead atoms. The van der Waals surface area contributed by atoms with E-state index in [1.165, 1.54) is 12.4 Å². The van der Waals surface area contributed by atoms with Gasteiger partial charge in [-0.2, -0.15) is 0 Å². The van der Waals surface area contributed by atoms with Crippen LogP contribution in [0.1, 0.15) is 39.2 Å². The van der Waals surface area contributed by atoms with E-state index in [1.807, 2.05) is 45.9 Å².